The Bertz CT molecular complexity index is 979. The minimum absolute atomic E-state index is 0.0142. The normalized spacial score (nSPS) is 14.6. The van der Waals surface area contributed by atoms with Gasteiger partial charge in [-0.3, -0.25) is 9.69 Å². The monoisotopic (exact) mass is 356 g/mol. The van der Waals surface area contributed by atoms with Crippen molar-refractivity contribution in [3.63, 3.8) is 0 Å². The molecular formula is C18H20N4O2S. The summed E-state index contributed by atoms with van der Waals surface area (Å²) in [4.78, 5) is 25.3. The largest absolute Gasteiger partial charge is 0.497 e. The molecule has 0 saturated carbocycles. The molecule has 4 rings (SSSR count). The number of aromatic nitrogens is 3. The topological polar surface area (TPSA) is 74.0 Å². The number of hydrogen-bond acceptors (Lipinski definition) is 5. The maximum atomic E-state index is 12.3. The van der Waals surface area contributed by atoms with E-state index in [9.17, 15) is 4.79 Å². The molecule has 0 unspecified atom stereocenters. The van der Waals surface area contributed by atoms with Crippen LogP contribution in [0.4, 0.5) is 0 Å². The number of hydrogen-bond donors (Lipinski definition) is 2. The number of fused-ring (bicyclic) bond motifs is 2. The highest BCUT2D eigenvalue weighted by Crippen LogP contribution is 2.26. The first kappa shape index (κ1) is 16.2. The van der Waals surface area contributed by atoms with Gasteiger partial charge < -0.3 is 14.7 Å². The summed E-state index contributed by atoms with van der Waals surface area (Å²) >= 11 is 1.47. The molecule has 0 bridgehead atoms. The maximum absolute atomic E-state index is 12.3. The average Bonchev–Trinajstić information content (AvgIpc) is 3.04. The highest BCUT2D eigenvalue weighted by Gasteiger charge is 2.22. The molecule has 0 aliphatic carbocycles. The zero-order chi connectivity index (χ0) is 17.4. The third kappa shape index (κ3) is 3.05. The van der Waals surface area contributed by atoms with Crippen LogP contribution < -0.4 is 10.3 Å². The molecule has 3 aromatic rings. The number of methoxy groups -OCH3 is 1. The Kier molecular flexibility index (Phi) is 4.27. The van der Waals surface area contributed by atoms with Crippen LogP contribution in [0.2, 0.25) is 0 Å². The van der Waals surface area contributed by atoms with Crippen molar-refractivity contribution in [3.8, 4) is 5.75 Å². The van der Waals surface area contributed by atoms with Gasteiger partial charge in [-0.2, -0.15) is 0 Å². The van der Waals surface area contributed by atoms with Gasteiger partial charge in [0.05, 0.1) is 18.4 Å². The van der Waals surface area contributed by atoms with E-state index in [1.165, 1.54) is 17.3 Å². The summed E-state index contributed by atoms with van der Waals surface area (Å²) in [6, 6.07) is 6.04. The molecule has 0 atom stereocenters. The molecule has 0 radical (unpaired) electrons. The van der Waals surface area contributed by atoms with E-state index in [0.29, 0.717) is 11.7 Å². The van der Waals surface area contributed by atoms with Crippen LogP contribution in [0.1, 0.15) is 16.8 Å². The van der Waals surface area contributed by atoms with Crippen LogP contribution in [0.3, 0.4) is 0 Å². The van der Waals surface area contributed by atoms with Gasteiger partial charge in [0.2, 0.25) is 0 Å². The van der Waals surface area contributed by atoms with E-state index in [0.717, 1.165) is 47.4 Å². The van der Waals surface area contributed by atoms with E-state index in [2.05, 4.69) is 25.9 Å². The van der Waals surface area contributed by atoms with Gasteiger partial charge in [-0.15, -0.1) is 0 Å². The lowest BCUT2D eigenvalue weighted by molar-refractivity contribution is 0.242. The first-order valence-electron chi connectivity index (χ1n) is 8.20. The number of nitrogens with zero attached hydrogens (tertiary/aromatic N) is 2. The van der Waals surface area contributed by atoms with Crippen LogP contribution in [-0.4, -0.2) is 39.8 Å². The summed E-state index contributed by atoms with van der Waals surface area (Å²) in [6.45, 7) is 2.31. The fraction of sp³-hybridized carbons (Fsp3) is 0.333. The van der Waals surface area contributed by atoms with Gasteiger partial charge in [0.1, 0.15) is 5.75 Å². The van der Waals surface area contributed by atoms with Crippen LogP contribution in [0.25, 0.3) is 10.9 Å². The summed E-state index contributed by atoms with van der Waals surface area (Å²) in [5.74, 6) is 0.850. The van der Waals surface area contributed by atoms with Crippen LogP contribution in [0, 0.1) is 0 Å². The van der Waals surface area contributed by atoms with Gasteiger partial charge in [0.15, 0.2) is 5.16 Å². The Morgan fingerprint density at radius 1 is 1.40 bits per heavy atom. The van der Waals surface area contributed by atoms with Crippen molar-refractivity contribution >= 4 is 22.7 Å². The number of H-pyrrole nitrogens is 2. The SMILES string of the molecule is COc1ccc2[nH]cc(CN3CCc4nc(SC)[nH]c(=O)c4C3)c2c1. The van der Waals surface area contributed by atoms with Crippen LogP contribution in [0.5, 0.6) is 5.75 Å². The lowest BCUT2D eigenvalue weighted by atomic mass is 10.1. The van der Waals surface area contributed by atoms with Gasteiger partial charge in [-0.1, -0.05) is 11.8 Å². The van der Waals surface area contributed by atoms with Crippen molar-refractivity contribution in [3.05, 3.63) is 51.6 Å². The number of thioether (sulfide) groups is 1. The molecular weight excluding hydrogens is 336 g/mol. The smallest absolute Gasteiger partial charge is 0.256 e. The molecule has 7 heteroatoms. The Morgan fingerprint density at radius 2 is 2.28 bits per heavy atom. The van der Waals surface area contributed by atoms with Crippen molar-refractivity contribution in [2.75, 3.05) is 19.9 Å². The number of ether oxygens (including phenoxy) is 1. The first-order valence-corrected chi connectivity index (χ1v) is 9.43. The Morgan fingerprint density at radius 3 is 3.08 bits per heavy atom. The molecule has 1 aromatic carbocycles. The van der Waals surface area contributed by atoms with Crippen molar-refractivity contribution in [2.45, 2.75) is 24.7 Å². The molecule has 0 spiro atoms. The van der Waals surface area contributed by atoms with E-state index in [1.54, 1.807) is 7.11 Å². The second-order valence-electron chi connectivity index (χ2n) is 6.19. The lowest BCUT2D eigenvalue weighted by Crippen LogP contribution is -2.35. The van der Waals surface area contributed by atoms with Gasteiger partial charge in [-0.25, -0.2) is 4.98 Å². The molecule has 0 fully saturated rings. The first-order chi connectivity index (χ1) is 12.2. The zero-order valence-electron chi connectivity index (χ0n) is 14.3. The Hall–Kier alpha value is -2.25. The molecule has 0 saturated heterocycles. The number of aromatic amines is 2. The van der Waals surface area contributed by atoms with Crippen molar-refractivity contribution < 1.29 is 4.74 Å². The highest BCUT2D eigenvalue weighted by atomic mass is 32.2. The molecule has 25 heavy (non-hydrogen) atoms. The van der Waals surface area contributed by atoms with Gasteiger partial charge >= 0.3 is 0 Å². The Labute approximate surface area is 149 Å². The quantitative estimate of drug-likeness (QED) is 0.555. The molecule has 0 amide bonds. The van der Waals surface area contributed by atoms with Crippen molar-refractivity contribution in [1.29, 1.82) is 0 Å². The van der Waals surface area contributed by atoms with Crippen LogP contribution in [0.15, 0.2) is 34.3 Å². The summed E-state index contributed by atoms with van der Waals surface area (Å²) in [5.41, 5.74) is 4.02. The van der Waals surface area contributed by atoms with E-state index in [1.807, 2.05) is 24.6 Å². The average molecular weight is 356 g/mol. The van der Waals surface area contributed by atoms with Gasteiger partial charge in [-0.05, 0) is 30.0 Å². The fourth-order valence-electron chi connectivity index (χ4n) is 3.35. The minimum Gasteiger partial charge on any atom is -0.497 e. The highest BCUT2D eigenvalue weighted by molar-refractivity contribution is 7.98. The molecule has 6 nitrogen and oxygen atoms in total. The number of nitrogens with one attached hydrogen (secondary N) is 2. The van der Waals surface area contributed by atoms with Gasteiger partial charge in [0, 0.05) is 43.2 Å². The van der Waals surface area contributed by atoms with E-state index in [4.69, 9.17) is 4.74 Å². The third-order valence-electron chi connectivity index (χ3n) is 4.69. The van der Waals surface area contributed by atoms with Crippen molar-refractivity contribution in [1.82, 2.24) is 19.9 Å². The summed E-state index contributed by atoms with van der Waals surface area (Å²) in [5, 5.41) is 1.86. The molecule has 130 valence electrons. The molecule has 2 N–H and O–H groups in total. The minimum atomic E-state index is -0.0142. The second kappa shape index (κ2) is 6.57. The van der Waals surface area contributed by atoms with Crippen LogP contribution >= 0.6 is 11.8 Å². The standard InChI is InChI=1S/C18H20N4O2S/c1-24-12-3-4-15-13(7-12)11(8-19-15)9-22-6-5-16-14(10-22)17(23)21-18(20-16)25-2/h3-4,7-8,19H,5-6,9-10H2,1-2H3,(H,20,21,23). The van der Waals surface area contributed by atoms with Gasteiger partial charge in [0.25, 0.3) is 5.56 Å². The van der Waals surface area contributed by atoms with E-state index in [-0.39, 0.29) is 5.56 Å². The second-order valence-corrected chi connectivity index (χ2v) is 6.98. The molecule has 1 aliphatic heterocycles. The number of rotatable bonds is 4. The predicted octanol–water partition coefficient (Wildman–Crippen LogP) is 2.54. The van der Waals surface area contributed by atoms with Crippen molar-refractivity contribution in [2.24, 2.45) is 0 Å². The van der Waals surface area contributed by atoms with Crippen LogP contribution in [-0.2, 0) is 19.5 Å². The zero-order valence-corrected chi connectivity index (χ0v) is 15.1. The molecule has 3 heterocycles. The Balaban J connectivity index is 1.60. The fourth-order valence-corrected chi connectivity index (χ4v) is 3.74. The lowest BCUT2D eigenvalue weighted by Gasteiger charge is -2.27. The van der Waals surface area contributed by atoms with E-state index < -0.39 is 0 Å². The summed E-state index contributed by atoms with van der Waals surface area (Å²) in [7, 11) is 1.68. The van der Waals surface area contributed by atoms with E-state index >= 15 is 0 Å². The molecule has 1 aliphatic rings. The number of benzene rings is 1. The summed E-state index contributed by atoms with van der Waals surface area (Å²) < 4.78 is 5.34. The molecule has 2 aromatic heterocycles. The maximum Gasteiger partial charge on any atom is 0.256 e. The summed E-state index contributed by atoms with van der Waals surface area (Å²) in [6.07, 6.45) is 4.77. The predicted molar refractivity (Wildman–Crippen MR) is 99.3 cm³/mol. The third-order valence-corrected chi connectivity index (χ3v) is 5.27.